The number of methoxy groups -OCH3 is 1. The zero-order valence-corrected chi connectivity index (χ0v) is 17.4. The highest BCUT2D eigenvalue weighted by molar-refractivity contribution is 5.96. The average Bonchev–Trinajstić information content (AvgIpc) is 2.72. The number of hydrogen-bond acceptors (Lipinski definition) is 3. The van der Waals surface area contributed by atoms with Crippen molar-refractivity contribution in [2.24, 2.45) is 0 Å². The van der Waals surface area contributed by atoms with Gasteiger partial charge in [0, 0.05) is 32.2 Å². The van der Waals surface area contributed by atoms with Gasteiger partial charge in [-0.1, -0.05) is 37.3 Å². The van der Waals surface area contributed by atoms with Crippen molar-refractivity contribution >= 4 is 5.91 Å². The van der Waals surface area contributed by atoms with Crippen LogP contribution in [0.15, 0.2) is 48.5 Å². The molecule has 1 heterocycles. The maximum absolute atomic E-state index is 13.3. The largest absolute Gasteiger partial charge is 0.416 e. The highest BCUT2D eigenvalue weighted by atomic mass is 19.4. The van der Waals surface area contributed by atoms with E-state index in [1.54, 1.807) is 14.0 Å². The van der Waals surface area contributed by atoms with Crippen LogP contribution in [0.5, 0.6) is 0 Å². The molecule has 30 heavy (non-hydrogen) atoms. The molecule has 1 fully saturated rings. The first kappa shape index (κ1) is 22.3. The Balaban J connectivity index is 1.98. The minimum absolute atomic E-state index is 0.0810. The first-order valence-electron chi connectivity index (χ1n) is 9.98. The zero-order valence-electron chi connectivity index (χ0n) is 17.4. The van der Waals surface area contributed by atoms with Gasteiger partial charge in [-0.2, -0.15) is 13.2 Å². The highest BCUT2D eigenvalue weighted by Crippen LogP contribution is 2.34. The third kappa shape index (κ3) is 4.68. The number of nitrogens with one attached hydrogen (secondary N) is 1. The highest BCUT2D eigenvalue weighted by Gasteiger charge is 2.42. The number of likely N-dealkylation sites (tertiary alicyclic amines) is 1. The summed E-state index contributed by atoms with van der Waals surface area (Å²) in [7, 11) is 3.61. The molecule has 0 bridgehead atoms. The molecule has 2 aromatic carbocycles. The molecule has 0 saturated carbocycles. The summed E-state index contributed by atoms with van der Waals surface area (Å²) in [5, 5.41) is 3.15. The van der Waals surface area contributed by atoms with E-state index in [1.807, 2.05) is 37.4 Å². The summed E-state index contributed by atoms with van der Waals surface area (Å²) in [5.41, 5.74) is 0.128. The van der Waals surface area contributed by atoms with Gasteiger partial charge >= 0.3 is 6.18 Å². The Kier molecular flexibility index (Phi) is 6.53. The normalized spacial score (nSPS) is 22.7. The van der Waals surface area contributed by atoms with Crippen molar-refractivity contribution in [3.05, 3.63) is 70.8 Å². The Labute approximate surface area is 175 Å². The second-order valence-corrected chi connectivity index (χ2v) is 7.88. The van der Waals surface area contributed by atoms with Gasteiger partial charge in [0.05, 0.1) is 17.2 Å². The quantitative estimate of drug-likeness (QED) is 0.787. The van der Waals surface area contributed by atoms with Crippen LogP contribution in [0.2, 0.25) is 0 Å². The molecule has 2 atom stereocenters. The van der Waals surface area contributed by atoms with Crippen LogP contribution in [0.4, 0.5) is 13.2 Å². The predicted molar refractivity (Wildman–Crippen MR) is 109 cm³/mol. The minimum Gasteiger partial charge on any atom is -0.380 e. The van der Waals surface area contributed by atoms with Crippen LogP contribution in [0.1, 0.15) is 40.4 Å². The van der Waals surface area contributed by atoms with Crippen LogP contribution < -0.4 is 5.32 Å². The number of rotatable bonds is 5. The summed E-state index contributed by atoms with van der Waals surface area (Å²) >= 11 is 0. The van der Waals surface area contributed by atoms with E-state index in [0.29, 0.717) is 24.9 Å². The van der Waals surface area contributed by atoms with Gasteiger partial charge in [-0.25, -0.2) is 0 Å². The first-order chi connectivity index (χ1) is 14.2. The summed E-state index contributed by atoms with van der Waals surface area (Å²) in [5.74, 6) is -0.380. The number of halogens is 3. The van der Waals surface area contributed by atoms with Gasteiger partial charge in [-0.15, -0.1) is 0 Å². The number of nitrogens with zero attached hydrogens (tertiary/aromatic N) is 1. The van der Waals surface area contributed by atoms with Crippen LogP contribution in [-0.4, -0.2) is 44.2 Å². The van der Waals surface area contributed by atoms with Crippen molar-refractivity contribution in [2.45, 2.75) is 37.6 Å². The number of carbonyl (C=O) groups excluding carboxylic acids is 1. The number of likely N-dealkylation sites (N-methyl/N-ethyl adjacent to an activating group) is 1. The van der Waals surface area contributed by atoms with E-state index in [4.69, 9.17) is 4.74 Å². The van der Waals surface area contributed by atoms with E-state index in [9.17, 15) is 18.0 Å². The summed E-state index contributed by atoms with van der Waals surface area (Å²) in [6.07, 6.45) is -3.62. The second kappa shape index (κ2) is 8.78. The molecular weight excluding hydrogens is 393 g/mol. The lowest BCUT2D eigenvalue weighted by Crippen LogP contribution is -2.59. The topological polar surface area (TPSA) is 41.6 Å². The number of amides is 1. The van der Waals surface area contributed by atoms with Gasteiger partial charge in [0.1, 0.15) is 0 Å². The molecule has 0 aromatic heterocycles. The van der Waals surface area contributed by atoms with E-state index in [-0.39, 0.29) is 17.6 Å². The van der Waals surface area contributed by atoms with Gasteiger partial charge in [0.2, 0.25) is 0 Å². The van der Waals surface area contributed by atoms with Crippen LogP contribution >= 0.6 is 0 Å². The molecule has 4 nitrogen and oxygen atoms in total. The van der Waals surface area contributed by atoms with Gasteiger partial charge in [-0.05, 0) is 42.8 Å². The van der Waals surface area contributed by atoms with Crippen molar-refractivity contribution < 1.29 is 22.7 Å². The van der Waals surface area contributed by atoms with E-state index >= 15 is 0 Å². The average molecular weight is 420 g/mol. The molecule has 2 aromatic rings. The Morgan fingerprint density at radius 3 is 2.53 bits per heavy atom. The summed E-state index contributed by atoms with van der Waals surface area (Å²) in [6.45, 7) is 3.06. The second-order valence-electron chi connectivity index (χ2n) is 7.88. The molecule has 1 saturated heterocycles. The molecule has 0 radical (unpaired) electrons. The Morgan fingerprint density at radius 1 is 1.23 bits per heavy atom. The SMILES string of the molecule is CCc1cc(C(F)(F)F)ccc1C(=O)NC1(c2ccccc2)CC(OC)CN(C)C1. The lowest BCUT2D eigenvalue weighted by atomic mass is 9.80. The van der Waals surface area contributed by atoms with Crippen molar-refractivity contribution in [1.82, 2.24) is 10.2 Å². The van der Waals surface area contributed by atoms with Crippen LogP contribution in [0.25, 0.3) is 0 Å². The fourth-order valence-electron chi connectivity index (χ4n) is 4.25. The number of aryl methyl sites for hydroxylation is 1. The molecule has 7 heteroatoms. The fourth-order valence-corrected chi connectivity index (χ4v) is 4.25. The number of carbonyl (C=O) groups is 1. The summed E-state index contributed by atoms with van der Waals surface area (Å²) in [4.78, 5) is 15.4. The number of hydrogen-bond donors (Lipinski definition) is 1. The van der Waals surface area contributed by atoms with Gasteiger partial charge < -0.3 is 15.0 Å². The zero-order chi connectivity index (χ0) is 21.9. The lowest BCUT2D eigenvalue weighted by molar-refractivity contribution is -0.137. The molecule has 1 N–H and O–H groups in total. The molecule has 1 aliphatic rings. The number of alkyl halides is 3. The van der Waals surface area contributed by atoms with Crippen LogP contribution in [0, 0.1) is 0 Å². The molecule has 0 spiro atoms. The molecule has 1 aliphatic heterocycles. The monoisotopic (exact) mass is 420 g/mol. The molecule has 3 rings (SSSR count). The fraction of sp³-hybridized carbons (Fsp3) is 0.435. The number of ether oxygens (including phenoxy) is 1. The molecular formula is C23H27F3N2O2. The first-order valence-corrected chi connectivity index (χ1v) is 9.98. The van der Waals surface area contributed by atoms with Crippen LogP contribution in [-0.2, 0) is 22.9 Å². The van der Waals surface area contributed by atoms with Crippen molar-refractivity contribution in [3.8, 4) is 0 Å². The standard InChI is InChI=1S/C23H27F3N2O2/c1-4-16-12-18(23(24,25)26)10-11-20(16)21(29)27-22(17-8-6-5-7-9-17)13-19(30-3)14-28(2)15-22/h5-12,19H,4,13-15H2,1-3H3,(H,27,29). The van der Waals surface area contributed by atoms with Gasteiger partial charge in [0.15, 0.2) is 0 Å². The third-order valence-electron chi connectivity index (χ3n) is 5.70. The van der Waals surface area contributed by atoms with Gasteiger partial charge in [-0.3, -0.25) is 4.79 Å². The van der Waals surface area contributed by atoms with E-state index in [1.165, 1.54) is 6.07 Å². The maximum Gasteiger partial charge on any atom is 0.416 e. The Hall–Kier alpha value is -2.38. The molecule has 2 unspecified atom stereocenters. The van der Waals surface area contributed by atoms with E-state index < -0.39 is 17.3 Å². The smallest absolute Gasteiger partial charge is 0.380 e. The van der Waals surface area contributed by atoms with E-state index in [0.717, 1.165) is 24.2 Å². The molecule has 162 valence electrons. The Bertz CT molecular complexity index is 886. The summed E-state index contributed by atoms with van der Waals surface area (Å²) < 4.78 is 44.9. The van der Waals surface area contributed by atoms with E-state index in [2.05, 4.69) is 10.2 Å². The van der Waals surface area contributed by atoms with Crippen molar-refractivity contribution in [1.29, 1.82) is 0 Å². The molecule has 0 aliphatic carbocycles. The molecule has 1 amide bonds. The lowest BCUT2D eigenvalue weighted by Gasteiger charge is -2.45. The van der Waals surface area contributed by atoms with Crippen molar-refractivity contribution in [3.63, 3.8) is 0 Å². The third-order valence-corrected chi connectivity index (χ3v) is 5.70. The summed E-state index contributed by atoms with van der Waals surface area (Å²) in [6, 6.07) is 13.0. The number of piperidine rings is 1. The van der Waals surface area contributed by atoms with Crippen molar-refractivity contribution in [2.75, 3.05) is 27.2 Å². The van der Waals surface area contributed by atoms with Gasteiger partial charge in [0.25, 0.3) is 5.91 Å². The Morgan fingerprint density at radius 2 is 1.93 bits per heavy atom. The minimum atomic E-state index is -4.44. The maximum atomic E-state index is 13.3. The number of benzene rings is 2. The van der Waals surface area contributed by atoms with Crippen LogP contribution in [0.3, 0.4) is 0 Å². The predicted octanol–water partition coefficient (Wildman–Crippen LogP) is 4.24.